The van der Waals surface area contributed by atoms with Crippen LogP contribution in [-0.2, 0) is 21.4 Å². The van der Waals surface area contributed by atoms with Gasteiger partial charge in [0.05, 0.1) is 11.2 Å². The Kier molecular flexibility index (Phi) is 4.67. The van der Waals surface area contributed by atoms with Crippen molar-refractivity contribution in [3.8, 4) is 0 Å². The van der Waals surface area contributed by atoms with Gasteiger partial charge in [0.15, 0.2) is 0 Å². The van der Waals surface area contributed by atoms with E-state index in [-0.39, 0.29) is 16.7 Å². The van der Waals surface area contributed by atoms with E-state index in [9.17, 15) is 13.2 Å². The molecule has 1 aromatic heterocycles. The van der Waals surface area contributed by atoms with E-state index in [0.29, 0.717) is 25.3 Å². The average molecular weight is 369 g/mol. The van der Waals surface area contributed by atoms with Crippen molar-refractivity contribution >= 4 is 15.9 Å². The van der Waals surface area contributed by atoms with E-state index in [2.05, 4.69) is 15.3 Å². The van der Waals surface area contributed by atoms with Crippen LogP contribution in [0.1, 0.15) is 26.0 Å². The van der Waals surface area contributed by atoms with Crippen molar-refractivity contribution in [1.29, 1.82) is 0 Å². The molecule has 2 aliphatic heterocycles. The summed E-state index contributed by atoms with van der Waals surface area (Å²) in [6.07, 6.45) is 2.36. The fourth-order valence-electron chi connectivity index (χ4n) is 4.09. The van der Waals surface area contributed by atoms with Crippen molar-refractivity contribution in [2.75, 3.05) is 33.2 Å². The van der Waals surface area contributed by atoms with Crippen molar-refractivity contribution in [2.24, 2.45) is 5.92 Å². The lowest BCUT2D eigenvalue weighted by Crippen LogP contribution is -2.60. The first-order valence-electron chi connectivity index (χ1n) is 8.69. The van der Waals surface area contributed by atoms with Gasteiger partial charge in [-0.2, -0.15) is 9.40 Å². The zero-order chi connectivity index (χ0) is 18.4. The standard InChI is InChI=1S/C16H27N5O3S/c1-5-20-10-15(12(2)18-20)25(23,24)21-9-14-8-19(4)7-6-16(14,11-21)17-13(3)22/h10,14H,5-9,11H2,1-4H3,(H,17,22)/t14-,16-/m1/s1. The summed E-state index contributed by atoms with van der Waals surface area (Å²) in [5.74, 6) is -0.0183. The number of hydrogen-bond acceptors (Lipinski definition) is 5. The molecule has 1 aromatic rings. The molecule has 2 aliphatic rings. The molecule has 0 aliphatic carbocycles. The topological polar surface area (TPSA) is 87.5 Å². The molecule has 140 valence electrons. The Balaban J connectivity index is 1.93. The van der Waals surface area contributed by atoms with E-state index >= 15 is 0 Å². The third-order valence-corrected chi connectivity index (χ3v) is 7.32. The minimum Gasteiger partial charge on any atom is -0.349 e. The molecule has 9 heteroatoms. The van der Waals surface area contributed by atoms with Crippen LogP contribution in [0.15, 0.2) is 11.1 Å². The van der Waals surface area contributed by atoms with Gasteiger partial charge in [0.25, 0.3) is 0 Å². The van der Waals surface area contributed by atoms with Crippen LogP contribution in [0.3, 0.4) is 0 Å². The Labute approximate surface area is 149 Å². The van der Waals surface area contributed by atoms with E-state index in [0.717, 1.165) is 19.5 Å². The predicted molar refractivity (Wildman–Crippen MR) is 93.5 cm³/mol. The van der Waals surface area contributed by atoms with Gasteiger partial charge in [0, 0.05) is 51.8 Å². The van der Waals surface area contributed by atoms with Crippen molar-refractivity contribution in [1.82, 2.24) is 24.3 Å². The van der Waals surface area contributed by atoms with Gasteiger partial charge in [-0.25, -0.2) is 8.42 Å². The summed E-state index contributed by atoms with van der Waals surface area (Å²) in [5, 5.41) is 7.34. The molecule has 3 heterocycles. The quantitative estimate of drug-likeness (QED) is 0.810. The van der Waals surface area contributed by atoms with E-state index in [4.69, 9.17) is 0 Å². The number of nitrogens with one attached hydrogen (secondary N) is 1. The van der Waals surface area contributed by atoms with E-state index in [1.807, 2.05) is 14.0 Å². The highest BCUT2D eigenvalue weighted by molar-refractivity contribution is 7.89. The van der Waals surface area contributed by atoms with Crippen molar-refractivity contribution in [3.05, 3.63) is 11.9 Å². The summed E-state index contributed by atoms with van der Waals surface area (Å²) in [5.41, 5.74) is 0.0440. The summed E-state index contributed by atoms with van der Waals surface area (Å²) in [6, 6.07) is 0. The van der Waals surface area contributed by atoms with Gasteiger partial charge in [-0.15, -0.1) is 0 Å². The van der Waals surface area contributed by atoms with Gasteiger partial charge >= 0.3 is 0 Å². The van der Waals surface area contributed by atoms with Crippen molar-refractivity contribution in [3.63, 3.8) is 0 Å². The van der Waals surface area contributed by atoms with Crippen molar-refractivity contribution in [2.45, 2.75) is 44.2 Å². The first-order valence-corrected chi connectivity index (χ1v) is 10.1. The highest BCUT2D eigenvalue weighted by atomic mass is 32.2. The maximum Gasteiger partial charge on any atom is 0.246 e. The summed E-state index contributed by atoms with van der Waals surface area (Å²) in [6.45, 7) is 8.13. The van der Waals surface area contributed by atoms with Crippen LogP contribution in [-0.4, -0.2) is 72.1 Å². The number of rotatable bonds is 4. The molecule has 0 bridgehead atoms. The fourth-order valence-corrected chi connectivity index (χ4v) is 5.82. The number of fused-ring (bicyclic) bond motifs is 1. The summed E-state index contributed by atoms with van der Waals surface area (Å²) in [4.78, 5) is 14.2. The van der Waals surface area contributed by atoms with Crippen LogP contribution in [0, 0.1) is 12.8 Å². The maximum atomic E-state index is 13.2. The van der Waals surface area contributed by atoms with Crippen molar-refractivity contribution < 1.29 is 13.2 Å². The number of carbonyl (C=O) groups excluding carboxylic acids is 1. The second-order valence-electron chi connectivity index (χ2n) is 7.28. The monoisotopic (exact) mass is 369 g/mol. The molecule has 25 heavy (non-hydrogen) atoms. The number of aryl methyl sites for hydroxylation is 2. The minimum absolute atomic E-state index is 0.0893. The number of aromatic nitrogens is 2. The first-order chi connectivity index (χ1) is 11.7. The molecule has 8 nitrogen and oxygen atoms in total. The minimum atomic E-state index is -3.63. The molecular weight excluding hydrogens is 342 g/mol. The Morgan fingerprint density at radius 3 is 2.76 bits per heavy atom. The largest absolute Gasteiger partial charge is 0.349 e. The van der Waals surface area contributed by atoms with Crippen LogP contribution in [0.5, 0.6) is 0 Å². The summed E-state index contributed by atoms with van der Waals surface area (Å²) >= 11 is 0. The molecule has 1 N–H and O–H groups in total. The van der Waals surface area contributed by atoms with Gasteiger partial charge in [-0.3, -0.25) is 9.48 Å². The number of amides is 1. The Bertz CT molecular complexity index is 775. The fraction of sp³-hybridized carbons (Fsp3) is 0.750. The number of carbonyl (C=O) groups is 1. The molecule has 0 radical (unpaired) electrons. The highest BCUT2D eigenvalue weighted by Crippen LogP contribution is 2.37. The van der Waals surface area contributed by atoms with E-state index < -0.39 is 15.6 Å². The normalized spacial score (nSPS) is 28.1. The number of likely N-dealkylation sites (tertiary alicyclic amines) is 1. The molecule has 1 amide bonds. The lowest BCUT2D eigenvalue weighted by atomic mass is 9.80. The Morgan fingerprint density at radius 2 is 2.16 bits per heavy atom. The molecule has 2 atom stereocenters. The third kappa shape index (κ3) is 3.20. The number of piperidine rings is 1. The van der Waals surface area contributed by atoms with Gasteiger partial charge in [-0.05, 0) is 27.3 Å². The zero-order valence-corrected chi connectivity index (χ0v) is 16.1. The second-order valence-corrected chi connectivity index (χ2v) is 9.18. The Hall–Kier alpha value is -1.45. The predicted octanol–water partition coefficient (Wildman–Crippen LogP) is 0.0423. The van der Waals surface area contributed by atoms with Gasteiger partial charge in [-0.1, -0.05) is 0 Å². The third-order valence-electron chi connectivity index (χ3n) is 5.40. The van der Waals surface area contributed by atoms with Crippen LogP contribution < -0.4 is 5.32 Å². The average Bonchev–Trinajstić information content (AvgIpc) is 3.08. The first kappa shape index (κ1) is 18.3. The number of sulfonamides is 1. The van der Waals surface area contributed by atoms with Gasteiger partial charge in [0.1, 0.15) is 4.90 Å². The lowest BCUT2D eigenvalue weighted by Gasteiger charge is -2.42. The second kappa shape index (κ2) is 6.37. The maximum absolute atomic E-state index is 13.2. The molecular formula is C16H27N5O3S. The molecule has 0 saturated carbocycles. The number of nitrogens with zero attached hydrogens (tertiary/aromatic N) is 4. The van der Waals surface area contributed by atoms with Gasteiger partial charge in [0.2, 0.25) is 15.9 Å². The molecule has 0 aromatic carbocycles. The van der Waals surface area contributed by atoms with E-state index in [1.54, 1.807) is 17.8 Å². The van der Waals surface area contributed by atoms with Gasteiger partial charge < -0.3 is 10.2 Å². The molecule has 3 rings (SSSR count). The molecule has 0 spiro atoms. The molecule has 2 fully saturated rings. The smallest absolute Gasteiger partial charge is 0.246 e. The van der Waals surface area contributed by atoms with Crippen LogP contribution in [0.2, 0.25) is 0 Å². The Morgan fingerprint density at radius 1 is 1.44 bits per heavy atom. The number of hydrogen-bond donors (Lipinski definition) is 1. The zero-order valence-electron chi connectivity index (χ0n) is 15.3. The SMILES string of the molecule is CCn1cc(S(=O)(=O)N2C[C@H]3CN(C)CC[C@@]3(NC(C)=O)C2)c(C)n1. The summed E-state index contributed by atoms with van der Waals surface area (Å²) in [7, 11) is -1.60. The highest BCUT2D eigenvalue weighted by Gasteiger charge is 2.52. The van der Waals surface area contributed by atoms with Crippen LogP contribution in [0.4, 0.5) is 0 Å². The van der Waals surface area contributed by atoms with E-state index in [1.165, 1.54) is 11.2 Å². The summed E-state index contributed by atoms with van der Waals surface area (Å²) < 4.78 is 29.5. The lowest BCUT2D eigenvalue weighted by molar-refractivity contribution is -0.121. The molecule has 0 unspecified atom stereocenters. The molecule has 2 saturated heterocycles. The van der Waals surface area contributed by atoms with Crippen LogP contribution >= 0.6 is 0 Å². The van der Waals surface area contributed by atoms with Crippen LogP contribution in [0.25, 0.3) is 0 Å².